The van der Waals surface area contributed by atoms with E-state index in [0.717, 1.165) is 32.5 Å². The van der Waals surface area contributed by atoms with Gasteiger partial charge in [-0.2, -0.15) is 5.10 Å². The molecule has 1 aliphatic heterocycles. The van der Waals surface area contributed by atoms with E-state index < -0.39 is 0 Å². The number of likely N-dealkylation sites (N-methyl/N-ethyl adjacent to an activating group) is 3. The molecule has 5 nitrogen and oxygen atoms in total. The lowest BCUT2D eigenvalue weighted by molar-refractivity contribution is 0.0892. The minimum Gasteiger partial charge on any atom is -0.315 e. The lowest BCUT2D eigenvalue weighted by atomic mass is 9.99. The molecule has 114 valence electrons. The van der Waals surface area contributed by atoms with Crippen molar-refractivity contribution in [2.45, 2.75) is 31.8 Å². The Balaban J connectivity index is 2.09. The van der Waals surface area contributed by atoms with Crippen LogP contribution in [0.1, 0.15) is 18.3 Å². The number of nitrogens with zero attached hydrogens (tertiary/aromatic N) is 4. The Morgan fingerprint density at radius 2 is 2.10 bits per heavy atom. The molecule has 0 aromatic carbocycles. The second-order valence-electron chi connectivity index (χ2n) is 6.01. The molecular weight excluding hydrogens is 250 g/mol. The van der Waals surface area contributed by atoms with E-state index in [2.05, 4.69) is 61.4 Å². The maximum atomic E-state index is 4.56. The summed E-state index contributed by atoms with van der Waals surface area (Å²) >= 11 is 0. The number of nitrogens with one attached hydrogen (secondary N) is 1. The Hall–Kier alpha value is -0.910. The standard InChI is InChI=1S/C15H29N5/c1-6-12-9-13(20(5)17-12)10-14(16-2)15-11-18(3)7-8-19(15)4/h9,14-16H,6-8,10-11H2,1-5H3. The summed E-state index contributed by atoms with van der Waals surface area (Å²) in [5.41, 5.74) is 2.51. The molecule has 1 N–H and O–H groups in total. The zero-order valence-corrected chi connectivity index (χ0v) is 13.6. The largest absolute Gasteiger partial charge is 0.315 e. The van der Waals surface area contributed by atoms with E-state index in [1.54, 1.807) is 0 Å². The van der Waals surface area contributed by atoms with Crippen LogP contribution in [0.15, 0.2) is 6.07 Å². The summed E-state index contributed by atoms with van der Waals surface area (Å²) in [5, 5.41) is 8.08. The quantitative estimate of drug-likeness (QED) is 0.844. The van der Waals surface area contributed by atoms with Crippen molar-refractivity contribution in [3.8, 4) is 0 Å². The molecule has 20 heavy (non-hydrogen) atoms. The van der Waals surface area contributed by atoms with Crippen LogP contribution in [0.5, 0.6) is 0 Å². The molecule has 0 saturated carbocycles. The predicted octanol–water partition coefficient (Wildman–Crippen LogP) is 0.359. The third-order valence-electron chi connectivity index (χ3n) is 4.55. The molecule has 1 aromatic rings. The first-order valence-corrected chi connectivity index (χ1v) is 7.63. The highest BCUT2D eigenvalue weighted by molar-refractivity contribution is 5.12. The highest BCUT2D eigenvalue weighted by Crippen LogP contribution is 2.15. The maximum absolute atomic E-state index is 4.56. The van der Waals surface area contributed by atoms with Gasteiger partial charge in [0.05, 0.1) is 5.69 Å². The Morgan fingerprint density at radius 3 is 2.70 bits per heavy atom. The van der Waals surface area contributed by atoms with Gasteiger partial charge >= 0.3 is 0 Å². The Kier molecular flexibility index (Phi) is 5.18. The SMILES string of the molecule is CCc1cc(CC(NC)C2CN(C)CCN2C)n(C)n1. The van der Waals surface area contributed by atoms with E-state index in [9.17, 15) is 0 Å². The van der Waals surface area contributed by atoms with E-state index in [1.165, 1.54) is 11.4 Å². The number of hydrogen-bond acceptors (Lipinski definition) is 4. The molecule has 0 amide bonds. The fraction of sp³-hybridized carbons (Fsp3) is 0.800. The van der Waals surface area contributed by atoms with E-state index in [4.69, 9.17) is 0 Å². The number of rotatable bonds is 5. The van der Waals surface area contributed by atoms with E-state index in [1.807, 2.05) is 4.68 Å². The monoisotopic (exact) mass is 279 g/mol. The fourth-order valence-corrected chi connectivity index (χ4v) is 3.07. The summed E-state index contributed by atoms with van der Waals surface area (Å²) in [6.07, 6.45) is 2.03. The molecule has 2 atom stereocenters. The Bertz CT molecular complexity index is 428. The third kappa shape index (κ3) is 3.40. The summed E-state index contributed by atoms with van der Waals surface area (Å²) in [6, 6.07) is 3.26. The van der Waals surface area contributed by atoms with Crippen molar-refractivity contribution in [2.75, 3.05) is 40.8 Å². The minimum absolute atomic E-state index is 0.461. The molecule has 0 aliphatic carbocycles. The molecule has 1 saturated heterocycles. The van der Waals surface area contributed by atoms with Gasteiger partial charge in [-0.3, -0.25) is 9.58 Å². The average Bonchev–Trinajstić information content (AvgIpc) is 2.79. The summed E-state index contributed by atoms with van der Waals surface area (Å²) in [6.45, 7) is 5.59. The van der Waals surface area contributed by atoms with Gasteiger partial charge in [0, 0.05) is 50.9 Å². The number of hydrogen-bond donors (Lipinski definition) is 1. The molecule has 1 aromatic heterocycles. The van der Waals surface area contributed by atoms with Crippen molar-refractivity contribution in [1.82, 2.24) is 24.9 Å². The van der Waals surface area contributed by atoms with Gasteiger partial charge < -0.3 is 10.2 Å². The fourth-order valence-electron chi connectivity index (χ4n) is 3.07. The molecule has 1 aliphatic rings. The van der Waals surface area contributed by atoms with Crippen molar-refractivity contribution in [3.63, 3.8) is 0 Å². The lowest BCUT2D eigenvalue weighted by Crippen LogP contribution is -2.58. The van der Waals surface area contributed by atoms with Crippen molar-refractivity contribution >= 4 is 0 Å². The number of aromatic nitrogens is 2. The molecule has 0 bridgehead atoms. The van der Waals surface area contributed by atoms with Crippen LogP contribution in [-0.4, -0.2) is 72.4 Å². The van der Waals surface area contributed by atoms with Gasteiger partial charge in [-0.05, 0) is 33.6 Å². The van der Waals surface area contributed by atoms with Gasteiger partial charge in [-0.15, -0.1) is 0 Å². The van der Waals surface area contributed by atoms with Crippen molar-refractivity contribution < 1.29 is 0 Å². The number of aryl methyl sites for hydroxylation is 2. The Labute approximate surface area is 122 Å². The molecule has 1 fully saturated rings. The summed E-state index contributed by atoms with van der Waals surface area (Å²) in [7, 11) is 8.58. The number of piperazine rings is 1. The topological polar surface area (TPSA) is 36.3 Å². The van der Waals surface area contributed by atoms with Crippen LogP contribution in [-0.2, 0) is 19.9 Å². The van der Waals surface area contributed by atoms with Crippen LogP contribution in [0.25, 0.3) is 0 Å². The van der Waals surface area contributed by atoms with Gasteiger partial charge in [-0.25, -0.2) is 0 Å². The normalized spacial score (nSPS) is 23.1. The second-order valence-corrected chi connectivity index (χ2v) is 6.01. The summed E-state index contributed by atoms with van der Waals surface area (Å²) in [4.78, 5) is 4.91. The van der Waals surface area contributed by atoms with Crippen LogP contribution in [0.2, 0.25) is 0 Å². The van der Waals surface area contributed by atoms with Crippen LogP contribution in [0.3, 0.4) is 0 Å². The third-order valence-corrected chi connectivity index (χ3v) is 4.55. The first kappa shape index (κ1) is 15.5. The summed E-state index contributed by atoms with van der Waals surface area (Å²) < 4.78 is 2.04. The van der Waals surface area contributed by atoms with Gasteiger partial charge in [0.1, 0.15) is 0 Å². The summed E-state index contributed by atoms with van der Waals surface area (Å²) in [5.74, 6) is 0. The zero-order chi connectivity index (χ0) is 14.7. The minimum atomic E-state index is 0.461. The first-order valence-electron chi connectivity index (χ1n) is 7.63. The van der Waals surface area contributed by atoms with E-state index in [0.29, 0.717) is 12.1 Å². The molecular formula is C15H29N5. The van der Waals surface area contributed by atoms with Crippen LogP contribution >= 0.6 is 0 Å². The van der Waals surface area contributed by atoms with Gasteiger partial charge in [0.15, 0.2) is 0 Å². The molecule has 2 rings (SSSR count). The first-order chi connectivity index (χ1) is 9.55. The molecule has 2 heterocycles. The van der Waals surface area contributed by atoms with E-state index >= 15 is 0 Å². The highest BCUT2D eigenvalue weighted by atomic mass is 15.3. The van der Waals surface area contributed by atoms with Gasteiger partial charge in [0.2, 0.25) is 0 Å². The van der Waals surface area contributed by atoms with Crippen LogP contribution in [0, 0.1) is 0 Å². The molecule has 5 heteroatoms. The average molecular weight is 279 g/mol. The zero-order valence-electron chi connectivity index (χ0n) is 13.6. The van der Waals surface area contributed by atoms with Crippen molar-refractivity contribution in [3.05, 3.63) is 17.5 Å². The molecule has 0 spiro atoms. The molecule has 2 unspecified atom stereocenters. The second kappa shape index (κ2) is 6.70. The lowest BCUT2D eigenvalue weighted by Gasteiger charge is -2.41. The van der Waals surface area contributed by atoms with Gasteiger partial charge in [-0.1, -0.05) is 6.92 Å². The maximum Gasteiger partial charge on any atom is 0.0624 e. The smallest absolute Gasteiger partial charge is 0.0624 e. The van der Waals surface area contributed by atoms with Crippen LogP contribution in [0.4, 0.5) is 0 Å². The Morgan fingerprint density at radius 1 is 1.35 bits per heavy atom. The van der Waals surface area contributed by atoms with Crippen molar-refractivity contribution in [2.24, 2.45) is 7.05 Å². The molecule has 0 radical (unpaired) electrons. The predicted molar refractivity (Wildman–Crippen MR) is 83.1 cm³/mol. The van der Waals surface area contributed by atoms with E-state index in [-0.39, 0.29) is 0 Å². The van der Waals surface area contributed by atoms with Crippen molar-refractivity contribution in [1.29, 1.82) is 0 Å². The highest BCUT2D eigenvalue weighted by Gasteiger charge is 2.29. The van der Waals surface area contributed by atoms with Crippen LogP contribution < -0.4 is 5.32 Å². The van der Waals surface area contributed by atoms with Gasteiger partial charge in [0.25, 0.3) is 0 Å².